The number of halogens is 1. The van der Waals surface area contributed by atoms with Crippen molar-refractivity contribution in [3.63, 3.8) is 0 Å². The van der Waals surface area contributed by atoms with Crippen molar-refractivity contribution in [2.24, 2.45) is 5.92 Å². The van der Waals surface area contributed by atoms with E-state index in [1.165, 1.54) is 11.6 Å². The third-order valence-corrected chi connectivity index (χ3v) is 6.02. The van der Waals surface area contributed by atoms with Gasteiger partial charge < -0.3 is 9.42 Å². The minimum atomic E-state index is -0.170. The van der Waals surface area contributed by atoms with E-state index in [4.69, 9.17) is 4.52 Å². The number of benzene rings is 2. The Kier molecular flexibility index (Phi) is 6.09. The maximum atomic E-state index is 13.8. The molecule has 1 atom stereocenters. The molecule has 4 nitrogen and oxygen atoms in total. The number of nitrogens with zero attached hydrogens (tertiary/aromatic N) is 3. The van der Waals surface area contributed by atoms with Gasteiger partial charge in [-0.2, -0.15) is 4.98 Å². The second-order valence-electron chi connectivity index (χ2n) is 8.37. The standard InChI is InChI=1S/C25H28FN3O/c1-17-7-4-5-10-22(17)25-27-23(30-28-25)15-18-11-13-19(14-12-18)24(29(2)3)20-8-6-9-21(26)16-20/h4-10,15-16,19,24H,11-14H2,1-3H3. The average molecular weight is 406 g/mol. The van der Waals surface area contributed by atoms with Gasteiger partial charge in [-0.05, 0) is 75.9 Å². The molecule has 30 heavy (non-hydrogen) atoms. The van der Waals surface area contributed by atoms with Crippen LogP contribution in [0.1, 0.15) is 48.7 Å². The third kappa shape index (κ3) is 4.51. The quantitative estimate of drug-likeness (QED) is 0.517. The van der Waals surface area contributed by atoms with Crippen LogP contribution >= 0.6 is 0 Å². The van der Waals surface area contributed by atoms with Gasteiger partial charge in [-0.25, -0.2) is 4.39 Å². The van der Waals surface area contributed by atoms with Gasteiger partial charge in [-0.3, -0.25) is 0 Å². The fraction of sp³-hybridized carbons (Fsp3) is 0.360. The van der Waals surface area contributed by atoms with Crippen molar-refractivity contribution >= 4 is 6.08 Å². The lowest BCUT2D eigenvalue weighted by Gasteiger charge is -2.36. The SMILES string of the molecule is Cc1ccccc1-c1noc(C=C2CCC(C(c3cccc(F)c3)N(C)C)CC2)n1. The lowest BCUT2D eigenvalue weighted by atomic mass is 9.78. The number of allylic oxidation sites excluding steroid dienone is 1. The summed E-state index contributed by atoms with van der Waals surface area (Å²) in [5.74, 6) is 1.52. The molecule has 3 aromatic rings. The predicted octanol–water partition coefficient (Wildman–Crippen LogP) is 6.06. The van der Waals surface area contributed by atoms with Gasteiger partial charge in [0.2, 0.25) is 5.82 Å². The Labute approximate surface area is 177 Å². The molecule has 1 aliphatic rings. The maximum absolute atomic E-state index is 13.8. The van der Waals surface area contributed by atoms with E-state index in [0.29, 0.717) is 17.6 Å². The Morgan fingerprint density at radius 3 is 2.57 bits per heavy atom. The second-order valence-corrected chi connectivity index (χ2v) is 8.37. The number of rotatable bonds is 5. The van der Waals surface area contributed by atoms with Crippen molar-refractivity contribution in [3.8, 4) is 11.4 Å². The van der Waals surface area contributed by atoms with Crippen LogP contribution in [0.3, 0.4) is 0 Å². The molecular weight excluding hydrogens is 377 g/mol. The van der Waals surface area contributed by atoms with Crippen molar-refractivity contribution in [1.29, 1.82) is 0 Å². The largest absolute Gasteiger partial charge is 0.334 e. The summed E-state index contributed by atoms with van der Waals surface area (Å²) in [7, 11) is 4.15. The van der Waals surface area contributed by atoms with E-state index in [-0.39, 0.29) is 11.9 Å². The smallest absolute Gasteiger partial charge is 0.250 e. The summed E-state index contributed by atoms with van der Waals surface area (Å²) in [4.78, 5) is 6.78. The highest BCUT2D eigenvalue weighted by Gasteiger charge is 2.28. The summed E-state index contributed by atoms with van der Waals surface area (Å²) in [6, 6.07) is 15.3. The Bertz CT molecular complexity index is 1030. The summed E-state index contributed by atoms with van der Waals surface area (Å²) in [6.07, 6.45) is 6.14. The molecule has 1 aliphatic carbocycles. The molecule has 4 rings (SSSR count). The number of aromatic nitrogens is 2. The summed E-state index contributed by atoms with van der Waals surface area (Å²) in [6.45, 7) is 2.05. The number of hydrogen-bond acceptors (Lipinski definition) is 4. The zero-order valence-electron chi connectivity index (χ0n) is 17.8. The van der Waals surface area contributed by atoms with E-state index in [9.17, 15) is 4.39 Å². The van der Waals surface area contributed by atoms with E-state index < -0.39 is 0 Å². The summed E-state index contributed by atoms with van der Waals surface area (Å²) in [5, 5.41) is 4.15. The number of aryl methyl sites for hydroxylation is 1. The Balaban J connectivity index is 1.45. The van der Waals surface area contributed by atoms with Gasteiger partial charge >= 0.3 is 0 Å². The van der Waals surface area contributed by atoms with Crippen LogP contribution in [0.25, 0.3) is 17.5 Å². The molecule has 5 heteroatoms. The van der Waals surface area contributed by atoms with Gasteiger partial charge in [-0.15, -0.1) is 0 Å². The van der Waals surface area contributed by atoms with E-state index >= 15 is 0 Å². The molecule has 1 aromatic heterocycles. The first-order valence-electron chi connectivity index (χ1n) is 10.5. The van der Waals surface area contributed by atoms with E-state index in [1.54, 1.807) is 12.1 Å². The van der Waals surface area contributed by atoms with Crippen molar-refractivity contribution in [3.05, 3.63) is 76.9 Å². The molecule has 0 saturated heterocycles. The lowest BCUT2D eigenvalue weighted by molar-refractivity contribution is 0.183. The average Bonchev–Trinajstić information content (AvgIpc) is 3.18. The van der Waals surface area contributed by atoms with Crippen LogP contribution in [0.15, 0.2) is 58.6 Å². The normalized spacial score (nSPS) is 17.9. The molecule has 2 aromatic carbocycles. The molecule has 0 bridgehead atoms. The van der Waals surface area contributed by atoms with Crippen LogP contribution < -0.4 is 0 Å². The molecule has 1 unspecified atom stereocenters. The van der Waals surface area contributed by atoms with Crippen LogP contribution in [-0.4, -0.2) is 29.1 Å². The van der Waals surface area contributed by atoms with Crippen molar-refractivity contribution in [2.45, 2.75) is 38.6 Å². The highest BCUT2D eigenvalue weighted by Crippen LogP contribution is 2.39. The molecule has 0 amide bonds. The molecule has 156 valence electrons. The van der Waals surface area contributed by atoms with Crippen LogP contribution in [0.2, 0.25) is 0 Å². The third-order valence-electron chi connectivity index (χ3n) is 6.02. The van der Waals surface area contributed by atoms with Gasteiger partial charge in [-0.1, -0.05) is 47.1 Å². The molecule has 0 N–H and O–H groups in total. The monoisotopic (exact) mass is 405 g/mol. The summed E-state index contributed by atoms with van der Waals surface area (Å²) >= 11 is 0. The van der Waals surface area contributed by atoms with Crippen molar-refractivity contribution in [2.75, 3.05) is 14.1 Å². The topological polar surface area (TPSA) is 42.2 Å². The highest BCUT2D eigenvalue weighted by atomic mass is 19.1. The predicted molar refractivity (Wildman–Crippen MR) is 117 cm³/mol. The van der Waals surface area contributed by atoms with Gasteiger partial charge in [0.05, 0.1) is 0 Å². The minimum Gasteiger partial charge on any atom is -0.334 e. The Morgan fingerprint density at radius 2 is 1.87 bits per heavy atom. The van der Waals surface area contributed by atoms with Crippen LogP contribution in [0.5, 0.6) is 0 Å². The van der Waals surface area contributed by atoms with Crippen LogP contribution in [0, 0.1) is 18.7 Å². The molecule has 1 saturated carbocycles. The van der Waals surface area contributed by atoms with Gasteiger partial charge in [0.1, 0.15) is 5.82 Å². The van der Waals surface area contributed by atoms with Crippen molar-refractivity contribution < 1.29 is 8.91 Å². The van der Waals surface area contributed by atoms with E-state index in [0.717, 1.165) is 42.4 Å². The van der Waals surface area contributed by atoms with Gasteiger partial charge in [0, 0.05) is 17.7 Å². The molecule has 0 aliphatic heterocycles. The van der Waals surface area contributed by atoms with E-state index in [1.807, 2.05) is 43.3 Å². The number of hydrogen-bond donors (Lipinski definition) is 0. The summed E-state index contributed by atoms with van der Waals surface area (Å²) < 4.78 is 19.2. The lowest BCUT2D eigenvalue weighted by Crippen LogP contribution is -2.29. The highest BCUT2D eigenvalue weighted by molar-refractivity contribution is 5.60. The molecule has 0 spiro atoms. The maximum Gasteiger partial charge on any atom is 0.250 e. The first-order chi connectivity index (χ1) is 14.5. The van der Waals surface area contributed by atoms with Crippen LogP contribution in [0.4, 0.5) is 4.39 Å². The van der Waals surface area contributed by atoms with Crippen molar-refractivity contribution in [1.82, 2.24) is 15.0 Å². The molecule has 0 radical (unpaired) electrons. The second kappa shape index (κ2) is 8.92. The molecule has 1 fully saturated rings. The zero-order chi connectivity index (χ0) is 21.1. The minimum absolute atomic E-state index is 0.170. The van der Waals surface area contributed by atoms with Crippen LogP contribution in [-0.2, 0) is 0 Å². The summed E-state index contributed by atoms with van der Waals surface area (Å²) in [5.41, 5.74) is 4.52. The first kappa shape index (κ1) is 20.5. The van der Waals surface area contributed by atoms with Gasteiger partial charge in [0.15, 0.2) is 0 Å². The van der Waals surface area contributed by atoms with Gasteiger partial charge in [0.25, 0.3) is 5.89 Å². The molecular formula is C25H28FN3O. The Morgan fingerprint density at radius 1 is 1.10 bits per heavy atom. The fourth-order valence-corrected chi connectivity index (χ4v) is 4.56. The van der Waals surface area contributed by atoms with E-state index in [2.05, 4.69) is 29.1 Å². The molecule has 1 heterocycles. The zero-order valence-corrected chi connectivity index (χ0v) is 17.8. The fourth-order valence-electron chi connectivity index (χ4n) is 4.56. The first-order valence-corrected chi connectivity index (χ1v) is 10.5. The Hall–Kier alpha value is -2.79.